The third kappa shape index (κ3) is 3.31. The maximum atomic E-state index is 6.54. The molecule has 0 unspecified atom stereocenters. The molecule has 2 heterocycles. The van der Waals surface area contributed by atoms with Crippen LogP contribution in [0, 0.1) is 0 Å². The minimum atomic E-state index is 0.636. The van der Waals surface area contributed by atoms with Crippen molar-refractivity contribution in [2.24, 2.45) is 0 Å². The van der Waals surface area contributed by atoms with Gasteiger partial charge in [-0.25, -0.2) is 4.98 Å². The Labute approximate surface area is 241 Å². The summed E-state index contributed by atoms with van der Waals surface area (Å²) < 4.78 is 8.86. The lowest BCUT2D eigenvalue weighted by Gasteiger charge is -2.15. The van der Waals surface area contributed by atoms with Crippen LogP contribution in [0.4, 0.5) is 0 Å². The van der Waals surface area contributed by atoms with Crippen molar-refractivity contribution in [1.82, 2.24) is 9.55 Å². The molecule has 42 heavy (non-hydrogen) atoms. The summed E-state index contributed by atoms with van der Waals surface area (Å²) in [6.45, 7) is 0. The van der Waals surface area contributed by atoms with Crippen LogP contribution in [0.3, 0.4) is 0 Å². The van der Waals surface area contributed by atoms with Crippen LogP contribution >= 0.6 is 0 Å². The van der Waals surface area contributed by atoms with E-state index in [1.807, 2.05) is 6.07 Å². The van der Waals surface area contributed by atoms with Gasteiger partial charge in [-0.1, -0.05) is 115 Å². The number of hydrogen-bond acceptors (Lipinski definition) is 2. The second-order valence-corrected chi connectivity index (χ2v) is 10.7. The zero-order chi connectivity index (χ0) is 27.6. The first kappa shape index (κ1) is 23.1. The number of hydrogen-bond donors (Lipinski definition) is 0. The van der Waals surface area contributed by atoms with Crippen molar-refractivity contribution in [2.75, 3.05) is 0 Å². The molecule has 0 amide bonds. The minimum absolute atomic E-state index is 0.636. The molecule has 0 radical (unpaired) electrons. The van der Waals surface area contributed by atoms with E-state index in [9.17, 15) is 0 Å². The van der Waals surface area contributed by atoms with Crippen LogP contribution in [0.15, 0.2) is 150 Å². The fourth-order valence-corrected chi connectivity index (χ4v) is 6.64. The van der Waals surface area contributed by atoms with Gasteiger partial charge in [0, 0.05) is 16.5 Å². The molecule has 196 valence electrons. The normalized spacial score (nSPS) is 11.8. The lowest BCUT2D eigenvalue weighted by molar-refractivity contribution is 0.621. The third-order valence-corrected chi connectivity index (χ3v) is 8.42. The molecule has 3 nitrogen and oxygen atoms in total. The summed E-state index contributed by atoms with van der Waals surface area (Å²) in [5, 5.41) is 7.11. The summed E-state index contributed by atoms with van der Waals surface area (Å²) in [7, 11) is 0. The Morgan fingerprint density at radius 3 is 1.55 bits per heavy atom. The van der Waals surface area contributed by atoms with Gasteiger partial charge in [0.1, 0.15) is 5.52 Å². The minimum Gasteiger partial charge on any atom is -0.436 e. The fraction of sp³-hybridized carbons (Fsp3) is 0. The highest BCUT2D eigenvalue weighted by atomic mass is 16.3. The van der Waals surface area contributed by atoms with Crippen LogP contribution < -0.4 is 0 Å². The van der Waals surface area contributed by atoms with Gasteiger partial charge in [-0.15, -0.1) is 0 Å². The molecule has 0 fully saturated rings. The van der Waals surface area contributed by atoms with Gasteiger partial charge in [-0.3, -0.25) is 0 Å². The van der Waals surface area contributed by atoms with Crippen LogP contribution in [0.1, 0.15) is 0 Å². The van der Waals surface area contributed by atoms with Gasteiger partial charge in [0.05, 0.1) is 16.6 Å². The highest BCUT2D eigenvalue weighted by Crippen LogP contribution is 2.44. The number of para-hydroxylation sites is 2. The fourth-order valence-electron chi connectivity index (χ4n) is 6.64. The van der Waals surface area contributed by atoms with E-state index in [1.165, 1.54) is 43.7 Å². The number of aromatic nitrogens is 2. The molecule has 0 spiro atoms. The third-order valence-electron chi connectivity index (χ3n) is 8.42. The second-order valence-electron chi connectivity index (χ2n) is 10.7. The molecule has 0 saturated carbocycles. The predicted octanol–water partition coefficient (Wildman–Crippen LogP) is 10.6. The van der Waals surface area contributed by atoms with Crippen molar-refractivity contribution in [2.45, 2.75) is 0 Å². The van der Waals surface area contributed by atoms with Gasteiger partial charge < -0.3 is 8.98 Å². The highest BCUT2D eigenvalue weighted by Gasteiger charge is 2.20. The van der Waals surface area contributed by atoms with Crippen LogP contribution in [-0.4, -0.2) is 9.55 Å². The van der Waals surface area contributed by atoms with E-state index in [0.717, 1.165) is 33.1 Å². The molecular formula is C39H24N2O. The van der Waals surface area contributed by atoms with Gasteiger partial charge in [0.2, 0.25) is 5.89 Å². The standard InChI is InChI=1S/C39H24N2O/c1-2-12-25(13-3-1)37-29-16-4-6-18-31(29)38(32-19-7-5-17-30(32)37)39-40-33-24-26(22-23-36(33)42-39)41-34-20-10-8-14-27(34)28-15-9-11-21-35(28)41/h1-24H. The first-order valence-electron chi connectivity index (χ1n) is 14.2. The quantitative estimate of drug-likeness (QED) is 0.210. The van der Waals surface area contributed by atoms with E-state index in [2.05, 4.69) is 144 Å². The lowest BCUT2D eigenvalue weighted by Crippen LogP contribution is -1.93. The van der Waals surface area contributed by atoms with Crippen molar-refractivity contribution in [3.8, 4) is 28.3 Å². The molecule has 0 aliphatic rings. The summed E-state index contributed by atoms with van der Waals surface area (Å²) in [6, 6.07) is 51.3. The molecule has 2 aromatic heterocycles. The smallest absolute Gasteiger partial charge is 0.228 e. The van der Waals surface area contributed by atoms with E-state index >= 15 is 0 Å². The van der Waals surface area contributed by atoms with Crippen molar-refractivity contribution in [1.29, 1.82) is 0 Å². The summed E-state index contributed by atoms with van der Waals surface area (Å²) in [5.74, 6) is 0.636. The summed E-state index contributed by atoms with van der Waals surface area (Å²) in [4.78, 5) is 5.14. The van der Waals surface area contributed by atoms with Gasteiger partial charge in [0.15, 0.2) is 5.58 Å². The second kappa shape index (κ2) is 8.92. The van der Waals surface area contributed by atoms with Crippen LogP contribution in [0.2, 0.25) is 0 Å². The Balaban J connectivity index is 1.30. The maximum absolute atomic E-state index is 6.54. The molecule has 9 rings (SSSR count). The Morgan fingerprint density at radius 1 is 0.452 bits per heavy atom. The van der Waals surface area contributed by atoms with Crippen LogP contribution in [0.25, 0.3) is 82.7 Å². The van der Waals surface area contributed by atoms with Gasteiger partial charge >= 0.3 is 0 Å². The molecule has 0 aliphatic carbocycles. The molecule has 0 bridgehead atoms. The monoisotopic (exact) mass is 536 g/mol. The van der Waals surface area contributed by atoms with Gasteiger partial charge in [-0.2, -0.15) is 0 Å². The molecular weight excluding hydrogens is 512 g/mol. The van der Waals surface area contributed by atoms with Crippen molar-refractivity contribution < 1.29 is 4.42 Å². The largest absolute Gasteiger partial charge is 0.436 e. The Hall–Kier alpha value is -5.67. The average molecular weight is 537 g/mol. The van der Waals surface area contributed by atoms with E-state index in [1.54, 1.807) is 0 Å². The summed E-state index contributed by atoms with van der Waals surface area (Å²) in [6.07, 6.45) is 0. The summed E-state index contributed by atoms with van der Waals surface area (Å²) >= 11 is 0. The number of oxazole rings is 1. The molecule has 7 aromatic carbocycles. The van der Waals surface area contributed by atoms with Crippen molar-refractivity contribution in [3.05, 3.63) is 146 Å². The first-order chi connectivity index (χ1) is 20.8. The average Bonchev–Trinajstić information content (AvgIpc) is 3.62. The Bertz CT molecular complexity index is 2360. The molecule has 0 saturated heterocycles. The number of nitrogens with zero attached hydrogens (tertiary/aromatic N) is 2. The molecule has 0 atom stereocenters. The SMILES string of the molecule is c1ccc(-c2c3ccccc3c(-c3nc4cc(-n5c6ccccc6c6ccccc65)ccc4o3)c3ccccc23)cc1. The van der Waals surface area contributed by atoms with Crippen LogP contribution in [0.5, 0.6) is 0 Å². The van der Waals surface area contributed by atoms with E-state index in [4.69, 9.17) is 9.40 Å². The number of rotatable bonds is 3. The maximum Gasteiger partial charge on any atom is 0.228 e. The summed E-state index contributed by atoms with van der Waals surface area (Å²) in [5.41, 5.74) is 8.48. The van der Waals surface area contributed by atoms with Gasteiger partial charge in [0.25, 0.3) is 0 Å². The number of benzene rings is 7. The first-order valence-corrected chi connectivity index (χ1v) is 14.2. The topological polar surface area (TPSA) is 31.0 Å². The Morgan fingerprint density at radius 2 is 0.952 bits per heavy atom. The zero-order valence-corrected chi connectivity index (χ0v) is 22.7. The van der Waals surface area contributed by atoms with Crippen molar-refractivity contribution in [3.63, 3.8) is 0 Å². The predicted molar refractivity (Wildman–Crippen MR) is 174 cm³/mol. The van der Waals surface area contributed by atoms with Crippen molar-refractivity contribution >= 4 is 54.5 Å². The molecule has 0 aliphatic heterocycles. The van der Waals surface area contributed by atoms with E-state index in [-0.39, 0.29) is 0 Å². The number of fused-ring (bicyclic) bond motifs is 6. The molecule has 9 aromatic rings. The highest BCUT2D eigenvalue weighted by molar-refractivity contribution is 6.20. The van der Waals surface area contributed by atoms with E-state index in [0.29, 0.717) is 5.89 Å². The van der Waals surface area contributed by atoms with Gasteiger partial charge in [-0.05, 0) is 63.0 Å². The van der Waals surface area contributed by atoms with Crippen LogP contribution in [-0.2, 0) is 0 Å². The zero-order valence-electron chi connectivity index (χ0n) is 22.7. The molecule has 0 N–H and O–H groups in total. The Kier molecular flexibility index (Phi) is 4.90. The van der Waals surface area contributed by atoms with E-state index < -0.39 is 0 Å². The lowest BCUT2D eigenvalue weighted by atomic mass is 9.88. The molecule has 3 heteroatoms.